The molecule has 0 unspecified atom stereocenters. The third kappa shape index (κ3) is 5.50. The van der Waals surface area contributed by atoms with Crippen molar-refractivity contribution in [1.82, 2.24) is 5.32 Å². The van der Waals surface area contributed by atoms with E-state index < -0.39 is 15.9 Å². The molecule has 3 rings (SSSR count). The third-order valence-corrected chi connectivity index (χ3v) is 6.72. The molecular weight excluding hydrogens is 416 g/mol. The molecule has 0 radical (unpaired) electrons. The van der Waals surface area contributed by atoms with Gasteiger partial charge in [-0.3, -0.25) is 9.10 Å². The Morgan fingerprint density at radius 2 is 1.77 bits per heavy atom. The predicted octanol–water partition coefficient (Wildman–Crippen LogP) is 3.23. The van der Waals surface area contributed by atoms with Crippen molar-refractivity contribution >= 4 is 21.6 Å². The Hall–Kier alpha value is -2.74. The standard InChI is InChI=1S/C23H30N2O5S/c1-16(18-10-9-17-7-5-6-8-19(17)13-18)24-23(26)15-25(31(4,27)28)21-12-11-20(29-2)14-22(21)30-3/h9-14,16H,5-8,15H2,1-4H3,(H,24,26)/t16-/m0/s1. The highest BCUT2D eigenvalue weighted by molar-refractivity contribution is 7.92. The molecule has 0 spiro atoms. The minimum Gasteiger partial charge on any atom is -0.497 e. The molecule has 2 aromatic rings. The first-order valence-electron chi connectivity index (χ1n) is 10.3. The van der Waals surface area contributed by atoms with Crippen molar-refractivity contribution < 1.29 is 22.7 Å². The fraction of sp³-hybridized carbons (Fsp3) is 0.435. The summed E-state index contributed by atoms with van der Waals surface area (Å²) in [6.07, 6.45) is 5.63. The van der Waals surface area contributed by atoms with Gasteiger partial charge in [0, 0.05) is 6.07 Å². The number of amides is 1. The summed E-state index contributed by atoms with van der Waals surface area (Å²) in [7, 11) is -0.772. The summed E-state index contributed by atoms with van der Waals surface area (Å²) in [6.45, 7) is 1.55. The lowest BCUT2D eigenvalue weighted by molar-refractivity contribution is -0.120. The fourth-order valence-electron chi connectivity index (χ4n) is 3.90. The molecule has 1 N–H and O–H groups in total. The Kier molecular flexibility index (Phi) is 7.10. The van der Waals surface area contributed by atoms with Crippen LogP contribution in [0.3, 0.4) is 0 Å². The molecule has 0 bridgehead atoms. The van der Waals surface area contributed by atoms with E-state index in [9.17, 15) is 13.2 Å². The van der Waals surface area contributed by atoms with Crippen LogP contribution in [-0.4, -0.2) is 41.3 Å². The zero-order valence-corrected chi connectivity index (χ0v) is 19.3. The number of rotatable bonds is 8. The summed E-state index contributed by atoms with van der Waals surface area (Å²) in [5.74, 6) is 0.438. The van der Waals surface area contributed by atoms with Gasteiger partial charge in [-0.05, 0) is 61.4 Å². The molecule has 168 valence electrons. The second kappa shape index (κ2) is 9.60. The first kappa shape index (κ1) is 22.9. The van der Waals surface area contributed by atoms with Crippen LogP contribution in [0.2, 0.25) is 0 Å². The van der Waals surface area contributed by atoms with Gasteiger partial charge in [0.1, 0.15) is 18.0 Å². The first-order chi connectivity index (χ1) is 14.7. The summed E-state index contributed by atoms with van der Waals surface area (Å²) in [4.78, 5) is 12.8. The first-order valence-corrected chi connectivity index (χ1v) is 12.2. The topological polar surface area (TPSA) is 84.9 Å². The van der Waals surface area contributed by atoms with Crippen LogP contribution in [-0.2, 0) is 27.7 Å². The smallest absolute Gasteiger partial charge is 0.241 e. The number of anilines is 1. The maximum Gasteiger partial charge on any atom is 0.241 e. The number of fused-ring (bicyclic) bond motifs is 1. The molecule has 0 saturated heterocycles. The van der Waals surface area contributed by atoms with Crippen molar-refractivity contribution in [2.45, 2.75) is 38.6 Å². The van der Waals surface area contributed by atoms with Gasteiger partial charge in [0.2, 0.25) is 15.9 Å². The largest absolute Gasteiger partial charge is 0.497 e. The van der Waals surface area contributed by atoms with E-state index in [4.69, 9.17) is 9.47 Å². The predicted molar refractivity (Wildman–Crippen MR) is 121 cm³/mol. The van der Waals surface area contributed by atoms with E-state index in [-0.39, 0.29) is 18.3 Å². The minimum atomic E-state index is -3.73. The number of carbonyl (C=O) groups is 1. The summed E-state index contributed by atoms with van der Waals surface area (Å²) >= 11 is 0. The van der Waals surface area contributed by atoms with E-state index in [1.807, 2.05) is 13.0 Å². The van der Waals surface area contributed by atoms with Crippen LogP contribution in [0.1, 0.15) is 42.5 Å². The molecule has 2 aromatic carbocycles. The number of benzene rings is 2. The highest BCUT2D eigenvalue weighted by Gasteiger charge is 2.25. The molecular formula is C23H30N2O5S. The molecule has 7 nitrogen and oxygen atoms in total. The SMILES string of the molecule is COc1ccc(N(CC(=O)N[C@@H](C)c2ccc3c(c2)CCCC3)S(C)(=O)=O)c(OC)c1. The average Bonchev–Trinajstić information content (AvgIpc) is 2.76. The number of hydrogen-bond acceptors (Lipinski definition) is 5. The van der Waals surface area contributed by atoms with E-state index in [2.05, 4.69) is 17.4 Å². The molecule has 0 aliphatic heterocycles. The van der Waals surface area contributed by atoms with Crippen LogP contribution in [0.5, 0.6) is 11.5 Å². The second-order valence-electron chi connectivity index (χ2n) is 7.83. The van der Waals surface area contributed by atoms with Gasteiger partial charge in [-0.15, -0.1) is 0 Å². The highest BCUT2D eigenvalue weighted by Crippen LogP contribution is 2.33. The van der Waals surface area contributed by atoms with Gasteiger partial charge < -0.3 is 14.8 Å². The molecule has 1 aliphatic rings. The lowest BCUT2D eigenvalue weighted by atomic mass is 9.89. The van der Waals surface area contributed by atoms with Gasteiger partial charge >= 0.3 is 0 Å². The third-order valence-electron chi connectivity index (χ3n) is 5.59. The second-order valence-corrected chi connectivity index (χ2v) is 9.74. The summed E-state index contributed by atoms with van der Waals surface area (Å²) in [5.41, 5.74) is 4.01. The zero-order valence-electron chi connectivity index (χ0n) is 18.5. The molecule has 31 heavy (non-hydrogen) atoms. The van der Waals surface area contributed by atoms with Crippen molar-refractivity contribution in [1.29, 1.82) is 0 Å². The Balaban J connectivity index is 1.77. The molecule has 0 saturated carbocycles. The van der Waals surface area contributed by atoms with Crippen molar-refractivity contribution in [2.75, 3.05) is 31.3 Å². The Bertz CT molecular complexity index is 1050. The Morgan fingerprint density at radius 1 is 1.06 bits per heavy atom. The molecule has 1 aliphatic carbocycles. The minimum absolute atomic E-state index is 0.237. The van der Waals surface area contributed by atoms with Crippen molar-refractivity contribution in [2.24, 2.45) is 0 Å². The number of sulfonamides is 1. The van der Waals surface area contributed by atoms with Crippen LogP contribution >= 0.6 is 0 Å². The monoisotopic (exact) mass is 446 g/mol. The van der Waals surface area contributed by atoms with Gasteiger partial charge in [-0.25, -0.2) is 8.42 Å². The van der Waals surface area contributed by atoms with Crippen LogP contribution in [0.25, 0.3) is 0 Å². The molecule has 0 fully saturated rings. The van der Waals surface area contributed by atoms with E-state index in [1.165, 1.54) is 38.2 Å². The lowest BCUT2D eigenvalue weighted by Crippen LogP contribution is -2.41. The number of methoxy groups -OCH3 is 2. The van der Waals surface area contributed by atoms with Crippen molar-refractivity contribution in [3.05, 3.63) is 53.1 Å². The highest BCUT2D eigenvalue weighted by atomic mass is 32.2. The Morgan fingerprint density at radius 3 is 2.42 bits per heavy atom. The summed E-state index contributed by atoms with van der Waals surface area (Å²) in [6, 6.07) is 10.9. The number of hydrogen-bond donors (Lipinski definition) is 1. The quantitative estimate of drug-likeness (QED) is 0.673. The summed E-state index contributed by atoms with van der Waals surface area (Å²) < 4.78 is 36.5. The maximum absolute atomic E-state index is 12.8. The number of nitrogens with zero attached hydrogens (tertiary/aromatic N) is 1. The average molecular weight is 447 g/mol. The molecule has 0 aromatic heterocycles. The molecule has 0 heterocycles. The van der Waals surface area contributed by atoms with Crippen LogP contribution in [0, 0.1) is 0 Å². The van der Waals surface area contributed by atoms with Gasteiger partial charge in [0.15, 0.2) is 0 Å². The van der Waals surface area contributed by atoms with E-state index >= 15 is 0 Å². The number of nitrogens with one attached hydrogen (secondary N) is 1. The zero-order chi connectivity index (χ0) is 22.6. The van der Waals surface area contributed by atoms with Crippen LogP contribution in [0.4, 0.5) is 5.69 Å². The normalized spacial score (nSPS) is 14.3. The van der Waals surface area contributed by atoms with E-state index in [1.54, 1.807) is 18.2 Å². The lowest BCUT2D eigenvalue weighted by Gasteiger charge is -2.25. The van der Waals surface area contributed by atoms with Gasteiger partial charge in [0.05, 0.1) is 32.2 Å². The van der Waals surface area contributed by atoms with Crippen LogP contribution < -0.4 is 19.1 Å². The van der Waals surface area contributed by atoms with E-state index in [0.717, 1.165) is 29.0 Å². The van der Waals surface area contributed by atoms with Crippen molar-refractivity contribution in [3.63, 3.8) is 0 Å². The maximum atomic E-state index is 12.8. The van der Waals surface area contributed by atoms with Crippen LogP contribution in [0.15, 0.2) is 36.4 Å². The summed E-state index contributed by atoms with van der Waals surface area (Å²) in [5, 5.41) is 2.92. The Labute approximate surface area is 184 Å². The molecule has 1 amide bonds. The number of ether oxygens (including phenoxy) is 2. The van der Waals surface area contributed by atoms with Gasteiger partial charge in [-0.1, -0.05) is 18.2 Å². The fourth-order valence-corrected chi connectivity index (χ4v) is 4.76. The van der Waals surface area contributed by atoms with Gasteiger partial charge in [0.25, 0.3) is 0 Å². The van der Waals surface area contributed by atoms with Crippen molar-refractivity contribution in [3.8, 4) is 11.5 Å². The molecule has 1 atom stereocenters. The van der Waals surface area contributed by atoms with Gasteiger partial charge in [-0.2, -0.15) is 0 Å². The number of carbonyl (C=O) groups excluding carboxylic acids is 1. The molecule has 8 heteroatoms. The van der Waals surface area contributed by atoms with E-state index in [0.29, 0.717) is 11.5 Å². The number of aryl methyl sites for hydroxylation is 2.